The number of amides is 1. The number of carbonyl (C=O) groups is 1. The molecule has 110 valence electrons. The van der Waals surface area contributed by atoms with E-state index in [2.05, 4.69) is 12.2 Å². The topological polar surface area (TPSA) is 61.8 Å². The van der Waals surface area contributed by atoms with Crippen LogP contribution in [0.5, 0.6) is 0 Å². The summed E-state index contributed by atoms with van der Waals surface area (Å²) in [6.45, 7) is 4.89. The Balaban J connectivity index is 1.96. The van der Waals surface area contributed by atoms with Crippen LogP contribution in [-0.2, 0) is 9.53 Å². The maximum Gasteiger partial charge on any atom is 0.229 e. The van der Waals surface area contributed by atoms with E-state index in [0.29, 0.717) is 32.2 Å². The summed E-state index contributed by atoms with van der Waals surface area (Å²) < 4.78 is 5.47. The van der Waals surface area contributed by atoms with E-state index < -0.39 is 0 Å². The lowest BCUT2D eigenvalue weighted by atomic mass is 9.89. The molecule has 19 heavy (non-hydrogen) atoms. The molecule has 1 amide bonds. The van der Waals surface area contributed by atoms with Crippen molar-refractivity contribution in [2.45, 2.75) is 44.7 Å². The Bertz CT molecular complexity index is 294. The van der Waals surface area contributed by atoms with Crippen molar-refractivity contribution in [2.75, 3.05) is 32.9 Å². The number of hydrogen-bond donors (Lipinski definition) is 2. The molecule has 0 aromatic rings. The quantitative estimate of drug-likeness (QED) is 0.702. The van der Waals surface area contributed by atoms with Crippen molar-refractivity contribution in [2.24, 2.45) is 5.92 Å². The Morgan fingerprint density at radius 3 is 2.79 bits per heavy atom. The lowest BCUT2D eigenvalue weighted by Crippen LogP contribution is -2.51. The van der Waals surface area contributed by atoms with Crippen LogP contribution in [0.1, 0.15) is 32.6 Å². The van der Waals surface area contributed by atoms with Crippen molar-refractivity contribution >= 4 is 5.91 Å². The predicted octanol–water partition coefficient (Wildman–Crippen LogP) is 0.374. The number of likely N-dealkylation sites (N-methyl/N-ethyl adjacent to an activating group) is 1. The molecule has 5 nitrogen and oxygen atoms in total. The molecule has 5 heteroatoms. The van der Waals surface area contributed by atoms with Gasteiger partial charge < -0.3 is 20.1 Å². The van der Waals surface area contributed by atoms with Gasteiger partial charge >= 0.3 is 0 Å². The van der Waals surface area contributed by atoms with Gasteiger partial charge in [-0.15, -0.1) is 0 Å². The van der Waals surface area contributed by atoms with Gasteiger partial charge in [0.2, 0.25) is 5.91 Å². The van der Waals surface area contributed by atoms with Crippen molar-refractivity contribution in [1.29, 1.82) is 0 Å². The Hall–Kier alpha value is -0.650. The summed E-state index contributed by atoms with van der Waals surface area (Å²) >= 11 is 0. The van der Waals surface area contributed by atoms with E-state index in [4.69, 9.17) is 9.84 Å². The van der Waals surface area contributed by atoms with E-state index in [9.17, 15) is 4.79 Å². The average Bonchev–Trinajstić information content (AvgIpc) is 2.80. The third-order valence-electron chi connectivity index (χ3n) is 4.22. The number of ether oxygens (including phenoxy) is 1. The van der Waals surface area contributed by atoms with Gasteiger partial charge in [0.05, 0.1) is 19.1 Å². The molecular weight excluding hydrogens is 244 g/mol. The van der Waals surface area contributed by atoms with Crippen LogP contribution in [0.15, 0.2) is 0 Å². The molecule has 2 rings (SSSR count). The van der Waals surface area contributed by atoms with E-state index in [1.165, 1.54) is 6.42 Å². The molecule has 0 radical (unpaired) electrons. The molecule has 0 spiro atoms. The normalized spacial score (nSPS) is 27.3. The number of nitrogens with one attached hydrogen (secondary N) is 1. The summed E-state index contributed by atoms with van der Waals surface area (Å²) in [5.41, 5.74) is 0. The fourth-order valence-electron chi connectivity index (χ4n) is 2.89. The second kappa shape index (κ2) is 7.22. The molecule has 1 aliphatic heterocycles. The first-order valence-electron chi connectivity index (χ1n) is 7.50. The minimum absolute atomic E-state index is 0.0563. The van der Waals surface area contributed by atoms with Crippen LogP contribution in [0.4, 0.5) is 0 Å². The number of nitrogens with zero attached hydrogens (tertiary/aromatic N) is 1. The van der Waals surface area contributed by atoms with Gasteiger partial charge in [0.1, 0.15) is 0 Å². The van der Waals surface area contributed by atoms with E-state index >= 15 is 0 Å². The molecule has 2 fully saturated rings. The highest BCUT2D eigenvalue weighted by atomic mass is 16.5. The first-order chi connectivity index (χ1) is 9.27. The van der Waals surface area contributed by atoms with E-state index in [1.54, 1.807) is 0 Å². The zero-order valence-corrected chi connectivity index (χ0v) is 11.8. The highest BCUT2D eigenvalue weighted by Crippen LogP contribution is 2.28. The molecular formula is C14H26N2O3. The lowest BCUT2D eigenvalue weighted by molar-refractivity contribution is -0.140. The summed E-state index contributed by atoms with van der Waals surface area (Å²) in [4.78, 5) is 14.7. The van der Waals surface area contributed by atoms with Gasteiger partial charge in [0.15, 0.2) is 0 Å². The SMILES string of the molecule is CCNC1COCC1C(=O)N(CCCO)C1CCC1. The van der Waals surface area contributed by atoms with Gasteiger partial charge in [-0.1, -0.05) is 6.92 Å². The molecule has 2 aliphatic rings. The van der Waals surface area contributed by atoms with E-state index in [-0.39, 0.29) is 24.5 Å². The van der Waals surface area contributed by atoms with Gasteiger partial charge in [0.25, 0.3) is 0 Å². The number of carbonyl (C=O) groups excluding carboxylic acids is 1. The van der Waals surface area contributed by atoms with Crippen molar-refractivity contribution in [3.63, 3.8) is 0 Å². The highest BCUT2D eigenvalue weighted by Gasteiger charge is 2.39. The van der Waals surface area contributed by atoms with Gasteiger partial charge in [-0.2, -0.15) is 0 Å². The van der Waals surface area contributed by atoms with Crippen LogP contribution in [0.3, 0.4) is 0 Å². The fourth-order valence-corrected chi connectivity index (χ4v) is 2.89. The Morgan fingerprint density at radius 1 is 1.42 bits per heavy atom. The fraction of sp³-hybridized carbons (Fsp3) is 0.929. The highest BCUT2D eigenvalue weighted by molar-refractivity contribution is 5.80. The monoisotopic (exact) mass is 270 g/mol. The second-order valence-electron chi connectivity index (χ2n) is 5.50. The van der Waals surface area contributed by atoms with Crippen LogP contribution < -0.4 is 5.32 Å². The Labute approximate surface area is 115 Å². The summed E-state index contributed by atoms with van der Waals surface area (Å²) in [5, 5.41) is 12.3. The summed E-state index contributed by atoms with van der Waals surface area (Å²) in [7, 11) is 0. The van der Waals surface area contributed by atoms with Gasteiger partial charge in [-0.3, -0.25) is 4.79 Å². The predicted molar refractivity (Wildman–Crippen MR) is 72.8 cm³/mol. The van der Waals surface area contributed by atoms with Crippen LogP contribution in [0.25, 0.3) is 0 Å². The van der Waals surface area contributed by atoms with E-state index in [1.807, 2.05) is 4.90 Å². The van der Waals surface area contributed by atoms with Gasteiger partial charge in [0, 0.05) is 25.2 Å². The third kappa shape index (κ3) is 3.46. The number of aliphatic hydroxyl groups is 1. The van der Waals surface area contributed by atoms with Crippen molar-refractivity contribution in [3.8, 4) is 0 Å². The molecule has 2 unspecified atom stereocenters. The average molecular weight is 270 g/mol. The van der Waals surface area contributed by atoms with Crippen molar-refractivity contribution in [1.82, 2.24) is 10.2 Å². The minimum atomic E-state index is -0.0563. The zero-order chi connectivity index (χ0) is 13.7. The van der Waals surface area contributed by atoms with Crippen LogP contribution >= 0.6 is 0 Å². The van der Waals surface area contributed by atoms with Crippen LogP contribution in [0.2, 0.25) is 0 Å². The number of aliphatic hydroxyl groups excluding tert-OH is 1. The van der Waals surface area contributed by atoms with Gasteiger partial charge in [-0.25, -0.2) is 0 Å². The minimum Gasteiger partial charge on any atom is -0.396 e. The van der Waals surface area contributed by atoms with Crippen molar-refractivity contribution in [3.05, 3.63) is 0 Å². The second-order valence-corrected chi connectivity index (χ2v) is 5.50. The first kappa shape index (κ1) is 14.8. The third-order valence-corrected chi connectivity index (χ3v) is 4.22. The molecule has 2 atom stereocenters. The molecule has 0 aromatic heterocycles. The first-order valence-corrected chi connectivity index (χ1v) is 7.50. The molecule has 1 saturated carbocycles. The molecule has 1 saturated heterocycles. The Morgan fingerprint density at radius 2 is 2.21 bits per heavy atom. The van der Waals surface area contributed by atoms with Crippen molar-refractivity contribution < 1.29 is 14.6 Å². The Kier molecular flexibility index (Phi) is 5.60. The molecule has 2 N–H and O–H groups in total. The van der Waals surface area contributed by atoms with Gasteiger partial charge in [-0.05, 0) is 32.2 Å². The smallest absolute Gasteiger partial charge is 0.229 e. The summed E-state index contributed by atoms with van der Waals surface area (Å²) in [6, 6.07) is 0.538. The lowest BCUT2D eigenvalue weighted by Gasteiger charge is -2.39. The maximum absolute atomic E-state index is 12.7. The standard InChI is InChI=1S/C14H26N2O3/c1-2-15-13-10-19-9-12(13)14(18)16(7-4-8-17)11-5-3-6-11/h11-13,15,17H,2-10H2,1H3. The molecule has 0 bridgehead atoms. The van der Waals surface area contributed by atoms with Crippen LogP contribution in [0, 0.1) is 5.92 Å². The van der Waals surface area contributed by atoms with Crippen LogP contribution in [-0.4, -0.2) is 60.9 Å². The number of hydrogen-bond acceptors (Lipinski definition) is 4. The molecule has 1 heterocycles. The maximum atomic E-state index is 12.7. The zero-order valence-electron chi connectivity index (χ0n) is 11.8. The number of rotatable bonds is 7. The largest absolute Gasteiger partial charge is 0.396 e. The van der Waals surface area contributed by atoms with E-state index in [0.717, 1.165) is 19.4 Å². The summed E-state index contributed by atoms with van der Waals surface area (Å²) in [6.07, 6.45) is 4.10. The molecule has 0 aromatic carbocycles. The summed E-state index contributed by atoms with van der Waals surface area (Å²) in [5.74, 6) is 0.154. The molecule has 1 aliphatic carbocycles.